The van der Waals surface area contributed by atoms with Crippen molar-refractivity contribution in [2.24, 2.45) is 0 Å². The molecule has 1 fully saturated rings. The van der Waals surface area contributed by atoms with E-state index in [-0.39, 0.29) is 5.91 Å². The number of fused-ring (bicyclic) bond motifs is 1. The molecule has 21 heavy (non-hydrogen) atoms. The van der Waals surface area contributed by atoms with Crippen LogP contribution in [0, 0.1) is 0 Å². The average Bonchev–Trinajstić information content (AvgIpc) is 3.29. The first-order valence-electron chi connectivity index (χ1n) is 7.12. The number of benzene rings is 1. The summed E-state index contributed by atoms with van der Waals surface area (Å²) in [5.41, 5.74) is 0.862. The van der Waals surface area contributed by atoms with Gasteiger partial charge >= 0.3 is 0 Å². The molecule has 0 radical (unpaired) electrons. The highest BCUT2D eigenvalue weighted by Crippen LogP contribution is 2.24. The van der Waals surface area contributed by atoms with Crippen LogP contribution in [0.5, 0.6) is 0 Å². The van der Waals surface area contributed by atoms with Crippen LogP contribution in [-0.4, -0.2) is 42.6 Å². The van der Waals surface area contributed by atoms with Crippen LogP contribution in [0.15, 0.2) is 24.3 Å². The van der Waals surface area contributed by atoms with Gasteiger partial charge in [0.1, 0.15) is 5.82 Å². The van der Waals surface area contributed by atoms with Crippen molar-refractivity contribution in [1.82, 2.24) is 15.3 Å². The predicted molar refractivity (Wildman–Crippen MR) is 83.5 cm³/mol. The van der Waals surface area contributed by atoms with E-state index in [0.717, 1.165) is 29.6 Å². The molecule has 1 aliphatic carbocycles. The number of amides is 1. The molecule has 110 valence electrons. The van der Waals surface area contributed by atoms with Gasteiger partial charge in [-0.15, -0.1) is 0 Å². The maximum absolute atomic E-state index is 12.0. The number of hydrogen-bond acceptors (Lipinski definition) is 5. The van der Waals surface area contributed by atoms with E-state index < -0.39 is 0 Å². The minimum atomic E-state index is 0.0358. The van der Waals surface area contributed by atoms with Crippen molar-refractivity contribution in [1.29, 1.82) is 0 Å². The highest BCUT2D eigenvalue weighted by molar-refractivity contribution is 5.92. The number of para-hydroxylation sites is 1. The molecule has 0 atom stereocenters. The second-order valence-corrected chi connectivity index (χ2v) is 5.34. The molecule has 2 N–H and O–H groups in total. The lowest BCUT2D eigenvalue weighted by Crippen LogP contribution is -2.36. The molecule has 0 unspecified atom stereocenters. The highest BCUT2D eigenvalue weighted by Gasteiger charge is 2.24. The van der Waals surface area contributed by atoms with E-state index in [2.05, 4.69) is 20.6 Å². The van der Waals surface area contributed by atoms with E-state index in [4.69, 9.17) is 0 Å². The lowest BCUT2D eigenvalue weighted by Gasteiger charge is -2.20. The Hall–Kier alpha value is -2.37. The Balaban J connectivity index is 1.88. The SMILES string of the molecule is CNc1nc(N(C)CC(=O)NC2CC2)c2ccccc2n1. The van der Waals surface area contributed by atoms with Crippen molar-refractivity contribution in [3.63, 3.8) is 0 Å². The lowest BCUT2D eigenvalue weighted by atomic mass is 10.2. The third kappa shape index (κ3) is 3.04. The minimum Gasteiger partial charge on any atom is -0.357 e. The average molecular weight is 285 g/mol. The number of hydrogen-bond donors (Lipinski definition) is 2. The summed E-state index contributed by atoms with van der Waals surface area (Å²) < 4.78 is 0. The molecule has 0 saturated heterocycles. The number of nitrogens with one attached hydrogen (secondary N) is 2. The van der Waals surface area contributed by atoms with Crippen molar-refractivity contribution in [2.45, 2.75) is 18.9 Å². The largest absolute Gasteiger partial charge is 0.357 e. The summed E-state index contributed by atoms with van der Waals surface area (Å²) in [6, 6.07) is 8.18. The maximum atomic E-state index is 12.0. The van der Waals surface area contributed by atoms with Gasteiger partial charge in [-0.25, -0.2) is 4.98 Å². The summed E-state index contributed by atoms with van der Waals surface area (Å²) in [5.74, 6) is 1.35. The van der Waals surface area contributed by atoms with E-state index in [9.17, 15) is 4.79 Å². The first kappa shape index (κ1) is 13.6. The molecule has 1 amide bonds. The quantitative estimate of drug-likeness (QED) is 0.868. The van der Waals surface area contributed by atoms with Gasteiger partial charge in [0.15, 0.2) is 0 Å². The Labute approximate surface area is 123 Å². The molecule has 1 saturated carbocycles. The Bertz CT molecular complexity index is 668. The summed E-state index contributed by atoms with van der Waals surface area (Å²) >= 11 is 0. The van der Waals surface area contributed by atoms with Crippen LogP contribution in [-0.2, 0) is 4.79 Å². The van der Waals surface area contributed by atoms with Gasteiger partial charge in [0.25, 0.3) is 0 Å². The second kappa shape index (κ2) is 5.55. The Morgan fingerprint density at radius 2 is 2.10 bits per heavy atom. The van der Waals surface area contributed by atoms with Crippen LogP contribution in [0.3, 0.4) is 0 Å². The Morgan fingerprint density at radius 1 is 1.33 bits per heavy atom. The minimum absolute atomic E-state index is 0.0358. The topological polar surface area (TPSA) is 70.2 Å². The van der Waals surface area contributed by atoms with Crippen molar-refractivity contribution >= 4 is 28.6 Å². The normalized spacial score (nSPS) is 14.0. The standard InChI is InChI=1S/C15H19N5O/c1-16-15-18-12-6-4-3-5-11(12)14(19-15)20(2)9-13(21)17-10-7-8-10/h3-6,10H,7-9H2,1-2H3,(H,17,21)(H,16,18,19). The molecule has 6 nitrogen and oxygen atoms in total. The Morgan fingerprint density at radius 3 is 2.81 bits per heavy atom. The molecule has 3 rings (SSSR count). The fourth-order valence-electron chi connectivity index (χ4n) is 2.25. The molecule has 1 aromatic carbocycles. The molecular weight excluding hydrogens is 266 g/mol. The first-order chi connectivity index (χ1) is 10.2. The van der Waals surface area contributed by atoms with Crippen molar-refractivity contribution in [3.8, 4) is 0 Å². The molecule has 1 heterocycles. The van der Waals surface area contributed by atoms with Crippen LogP contribution < -0.4 is 15.5 Å². The van der Waals surface area contributed by atoms with Crippen LogP contribution in [0.1, 0.15) is 12.8 Å². The Kier molecular flexibility index (Phi) is 3.60. The van der Waals surface area contributed by atoms with Gasteiger partial charge in [0.05, 0.1) is 12.1 Å². The van der Waals surface area contributed by atoms with Gasteiger partial charge in [-0.2, -0.15) is 4.98 Å². The number of aromatic nitrogens is 2. The molecule has 6 heteroatoms. The van der Waals surface area contributed by atoms with Crippen LogP contribution in [0.4, 0.5) is 11.8 Å². The number of rotatable bonds is 5. The van der Waals surface area contributed by atoms with E-state index in [1.54, 1.807) is 7.05 Å². The summed E-state index contributed by atoms with van der Waals surface area (Å²) in [6.07, 6.45) is 2.19. The number of carbonyl (C=O) groups is 1. The van der Waals surface area contributed by atoms with Crippen molar-refractivity contribution < 1.29 is 4.79 Å². The monoisotopic (exact) mass is 285 g/mol. The van der Waals surface area contributed by atoms with Crippen LogP contribution in [0.25, 0.3) is 10.9 Å². The predicted octanol–water partition coefficient (Wildman–Crippen LogP) is 1.39. The fraction of sp³-hybridized carbons (Fsp3) is 0.400. The number of likely N-dealkylation sites (N-methyl/N-ethyl adjacent to an activating group) is 1. The zero-order valence-corrected chi connectivity index (χ0v) is 12.3. The van der Waals surface area contributed by atoms with E-state index in [1.165, 1.54) is 0 Å². The van der Waals surface area contributed by atoms with E-state index in [0.29, 0.717) is 18.5 Å². The van der Waals surface area contributed by atoms with Crippen molar-refractivity contribution in [2.75, 3.05) is 30.9 Å². The third-order valence-electron chi connectivity index (χ3n) is 3.49. The lowest BCUT2D eigenvalue weighted by molar-refractivity contribution is -0.119. The summed E-state index contributed by atoms with van der Waals surface area (Å²) in [5, 5.41) is 6.89. The van der Waals surface area contributed by atoms with Crippen molar-refractivity contribution in [3.05, 3.63) is 24.3 Å². The molecule has 1 aliphatic rings. The van der Waals surface area contributed by atoms with E-state index >= 15 is 0 Å². The molecule has 0 aliphatic heterocycles. The smallest absolute Gasteiger partial charge is 0.239 e. The summed E-state index contributed by atoms with van der Waals surface area (Å²) in [6.45, 7) is 0.292. The highest BCUT2D eigenvalue weighted by atomic mass is 16.2. The zero-order valence-electron chi connectivity index (χ0n) is 12.3. The molecule has 0 spiro atoms. The maximum Gasteiger partial charge on any atom is 0.239 e. The number of carbonyl (C=O) groups excluding carboxylic acids is 1. The van der Waals surface area contributed by atoms with Gasteiger partial charge < -0.3 is 15.5 Å². The first-order valence-corrected chi connectivity index (χ1v) is 7.12. The van der Waals surface area contributed by atoms with Crippen LogP contribution in [0.2, 0.25) is 0 Å². The number of anilines is 2. The molecule has 1 aromatic heterocycles. The molecular formula is C15H19N5O. The number of nitrogens with zero attached hydrogens (tertiary/aromatic N) is 3. The summed E-state index contributed by atoms with van der Waals surface area (Å²) in [7, 11) is 3.66. The molecule has 0 bridgehead atoms. The van der Waals surface area contributed by atoms with Gasteiger partial charge in [-0.1, -0.05) is 12.1 Å². The second-order valence-electron chi connectivity index (χ2n) is 5.34. The zero-order chi connectivity index (χ0) is 14.8. The van der Waals surface area contributed by atoms with E-state index in [1.807, 2.05) is 36.2 Å². The fourth-order valence-corrected chi connectivity index (χ4v) is 2.25. The van der Waals surface area contributed by atoms with Crippen LogP contribution >= 0.6 is 0 Å². The summed E-state index contributed by atoms with van der Waals surface area (Å²) in [4.78, 5) is 22.7. The van der Waals surface area contributed by atoms with Gasteiger partial charge in [0.2, 0.25) is 11.9 Å². The third-order valence-corrected chi connectivity index (χ3v) is 3.49. The molecule has 2 aromatic rings. The van der Waals surface area contributed by atoms with Gasteiger partial charge in [-0.3, -0.25) is 4.79 Å². The van der Waals surface area contributed by atoms with Gasteiger partial charge in [0, 0.05) is 25.5 Å². The van der Waals surface area contributed by atoms with Gasteiger partial charge in [-0.05, 0) is 25.0 Å².